The van der Waals surface area contributed by atoms with Gasteiger partial charge in [0.1, 0.15) is 0 Å². The number of ether oxygens (including phenoxy) is 1. The van der Waals surface area contributed by atoms with Gasteiger partial charge in [-0.3, -0.25) is 19.3 Å². The summed E-state index contributed by atoms with van der Waals surface area (Å²) in [4.78, 5) is 53.9. The van der Waals surface area contributed by atoms with Gasteiger partial charge in [0.25, 0.3) is 17.7 Å². The minimum absolute atomic E-state index is 0.0986. The average Bonchev–Trinajstić information content (AvgIpc) is 3.13. The van der Waals surface area contributed by atoms with Crippen LogP contribution in [-0.4, -0.2) is 47.8 Å². The van der Waals surface area contributed by atoms with Gasteiger partial charge in [-0.15, -0.1) is 0 Å². The lowest BCUT2D eigenvalue weighted by Gasteiger charge is -2.29. The van der Waals surface area contributed by atoms with Crippen LogP contribution < -0.4 is 4.90 Å². The van der Waals surface area contributed by atoms with Crippen molar-refractivity contribution in [2.45, 2.75) is 44.6 Å². The van der Waals surface area contributed by atoms with Crippen molar-refractivity contribution in [3.05, 3.63) is 65.2 Å². The highest BCUT2D eigenvalue weighted by Crippen LogP contribution is 2.31. The van der Waals surface area contributed by atoms with Gasteiger partial charge < -0.3 is 9.64 Å². The minimum atomic E-state index is -0.763. The maximum atomic E-state index is 13.0. The van der Waals surface area contributed by atoms with Gasteiger partial charge in [-0.25, -0.2) is 4.79 Å². The standard InChI is InChI=1S/C26H25N3O5/c27-14-7-15-28(19-8-3-1-4-9-19)23(30)17-34-26(33)18-12-13-21-22(16-18)25(32)29(24(21)31)20-10-5-2-6-11-20/h1,3-4,8-9,12-13,16,20H,2,5-7,10-11,15,17H2. The summed E-state index contributed by atoms with van der Waals surface area (Å²) < 4.78 is 5.21. The Bertz CT molecular complexity index is 1150. The first kappa shape index (κ1) is 23.2. The van der Waals surface area contributed by atoms with Crippen molar-refractivity contribution < 1.29 is 23.9 Å². The van der Waals surface area contributed by atoms with Crippen molar-refractivity contribution in [1.29, 1.82) is 5.26 Å². The van der Waals surface area contributed by atoms with Crippen LogP contribution in [0.25, 0.3) is 0 Å². The molecule has 0 saturated heterocycles. The van der Waals surface area contributed by atoms with Crippen LogP contribution in [0, 0.1) is 11.3 Å². The Kier molecular flexibility index (Phi) is 7.02. The smallest absolute Gasteiger partial charge is 0.338 e. The zero-order valence-corrected chi connectivity index (χ0v) is 18.7. The third kappa shape index (κ3) is 4.69. The molecule has 4 rings (SSSR count). The molecule has 1 fully saturated rings. The number of carbonyl (C=O) groups excluding carboxylic acids is 4. The fraction of sp³-hybridized carbons (Fsp3) is 0.346. The van der Waals surface area contributed by atoms with Gasteiger partial charge in [0.15, 0.2) is 6.61 Å². The van der Waals surface area contributed by atoms with Crippen molar-refractivity contribution >= 4 is 29.4 Å². The number of amides is 3. The van der Waals surface area contributed by atoms with E-state index in [0.29, 0.717) is 5.69 Å². The Morgan fingerprint density at radius 1 is 1.00 bits per heavy atom. The highest BCUT2D eigenvalue weighted by Gasteiger charge is 2.40. The first-order chi connectivity index (χ1) is 16.5. The molecule has 2 aromatic rings. The summed E-state index contributed by atoms with van der Waals surface area (Å²) in [5.41, 5.74) is 1.18. The zero-order valence-electron chi connectivity index (χ0n) is 18.7. The summed E-state index contributed by atoms with van der Waals surface area (Å²) in [5, 5.41) is 8.90. The Morgan fingerprint density at radius 2 is 1.71 bits per heavy atom. The van der Waals surface area contributed by atoms with Crippen LogP contribution in [0.4, 0.5) is 5.69 Å². The predicted molar refractivity (Wildman–Crippen MR) is 123 cm³/mol. The van der Waals surface area contributed by atoms with Crippen molar-refractivity contribution in [3.8, 4) is 6.07 Å². The number of anilines is 1. The molecule has 1 aliphatic heterocycles. The molecule has 174 valence electrons. The van der Waals surface area contributed by atoms with Crippen molar-refractivity contribution in [3.63, 3.8) is 0 Å². The highest BCUT2D eigenvalue weighted by molar-refractivity contribution is 6.22. The molecule has 8 nitrogen and oxygen atoms in total. The summed E-state index contributed by atoms with van der Waals surface area (Å²) in [7, 11) is 0. The first-order valence-electron chi connectivity index (χ1n) is 11.4. The molecule has 3 amide bonds. The summed E-state index contributed by atoms with van der Waals surface area (Å²) in [6, 6.07) is 15.0. The number of para-hydroxylation sites is 1. The second kappa shape index (κ2) is 10.3. The first-order valence-corrected chi connectivity index (χ1v) is 11.4. The molecule has 1 heterocycles. The molecule has 0 bridgehead atoms. The Morgan fingerprint density at radius 3 is 2.41 bits per heavy atom. The van der Waals surface area contributed by atoms with Crippen molar-refractivity contribution in [1.82, 2.24) is 4.90 Å². The maximum absolute atomic E-state index is 13.0. The lowest BCUT2D eigenvalue weighted by molar-refractivity contribution is -0.121. The molecule has 8 heteroatoms. The van der Waals surface area contributed by atoms with E-state index >= 15 is 0 Å². The lowest BCUT2D eigenvalue weighted by Crippen LogP contribution is -2.40. The minimum Gasteiger partial charge on any atom is -0.452 e. The van der Waals surface area contributed by atoms with E-state index in [1.165, 1.54) is 28.0 Å². The SMILES string of the molecule is N#CCCN(C(=O)COC(=O)c1ccc2c(c1)C(=O)N(C1CCCCC1)C2=O)c1ccccc1. The number of esters is 1. The summed E-state index contributed by atoms with van der Waals surface area (Å²) >= 11 is 0. The second-order valence-corrected chi connectivity index (χ2v) is 8.40. The number of nitrogens with zero attached hydrogens (tertiary/aromatic N) is 3. The molecule has 2 aliphatic rings. The fourth-order valence-electron chi connectivity index (χ4n) is 4.51. The molecular weight excluding hydrogens is 434 g/mol. The van der Waals surface area contributed by atoms with E-state index in [1.54, 1.807) is 24.3 Å². The Hall–Kier alpha value is -3.99. The number of hydrogen-bond acceptors (Lipinski definition) is 6. The molecule has 2 aromatic carbocycles. The van der Waals surface area contributed by atoms with Crippen LogP contribution >= 0.6 is 0 Å². The van der Waals surface area contributed by atoms with Gasteiger partial charge >= 0.3 is 5.97 Å². The topological polar surface area (TPSA) is 108 Å². The third-order valence-corrected chi connectivity index (χ3v) is 6.24. The number of hydrogen-bond donors (Lipinski definition) is 0. The van der Waals surface area contributed by atoms with E-state index in [9.17, 15) is 19.2 Å². The van der Waals surface area contributed by atoms with Crippen LogP contribution in [0.2, 0.25) is 0 Å². The van der Waals surface area contributed by atoms with Crippen molar-refractivity contribution in [2.75, 3.05) is 18.1 Å². The molecule has 0 radical (unpaired) electrons. The highest BCUT2D eigenvalue weighted by atomic mass is 16.5. The molecular formula is C26H25N3O5. The van der Waals surface area contributed by atoms with Crippen LogP contribution in [0.15, 0.2) is 48.5 Å². The quantitative estimate of drug-likeness (QED) is 0.461. The summed E-state index contributed by atoms with van der Waals surface area (Å²) in [6.07, 6.45) is 4.80. The summed E-state index contributed by atoms with van der Waals surface area (Å²) in [6.45, 7) is -0.347. The van der Waals surface area contributed by atoms with E-state index in [2.05, 4.69) is 0 Å². The number of imide groups is 1. The molecule has 1 saturated carbocycles. The van der Waals surface area contributed by atoms with Crippen molar-refractivity contribution in [2.24, 2.45) is 0 Å². The van der Waals surface area contributed by atoms with E-state index < -0.39 is 18.5 Å². The monoisotopic (exact) mass is 459 g/mol. The van der Waals surface area contributed by atoms with E-state index in [4.69, 9.17) is 10.00 Å². The average molecular weight is 460 g/mol. The van der Waals surface area contributed by atoms with Gasteiger partial charge in [0.05, 0.1) is 29.2 Å². The number of nitriles is 1. The molecule has 0 aromatic heterocycles. The van der Waals surface area contributed by atoms with E-state index in [-0.39, 0.29) is 47.5 Å². The normalized spacial score (nSPS) is 15.6. The van der Waals surface area contributed by atoms with Gasteiger partial charge in [-0.05, 0) is 43.2 Å². The zero-order chi connectivity index (χ0) is 24.1. The number of benzene rings is 2. The fourth-order valence-corrected chi connectivity index (χ4v) is 4.51. The van der Waals surface area contributed by atoms with Crippen LogP contribution in [0.5, 0.6) is 0 Å². The van der Waals surface area contributed by atoms with E-state index in [0.717, 1.165) is 32.1 Å². The molecule has 0 atom stereocenters. The van der Waals surface area contributed by atoms with E-state index in [1.807, 2.05) is 12.1 Å². The number of rotatable bonds is 7. The van der Waals surface area contributed by atoms with Gasteiger partial charge in [-0.1, -0.05) is 37.5 Å². The molecule has 1 aliphatic carbocycles. The lowest BCUT2D eigenvalue weighted by atomic mass is 9.94. The van der Waals surface area contributed by atoms with Gasteiger partial charge in [-0.2, -0.15) is 5.26 Å². The number of fused-ring (bicyclic) bond motifs is 1. The second-order valence-electron chi connectivity index (χ2n) is 8.40. The molecule has 0 N–H and O–H groups in total. The summed E-state index contributed by atoms with van der Waals surface area (Å²) in [5.74, 6) is -1.94. The Balaban J connectivity index is 1.44. The van der Waals surface area contributed by atoms with Crippen LogP contribution in [0.3, 0.4) is 0 Å². The predicted octanol–water partition coefficient (Wildman–Crippen LogP) is 3.72. The van der Waals surface area contributed by atoms with Gasteiger partial charge in [0.2, 0.25) is 0 Å². The largest absolute Gasteiger partial charge is 0.452 e. The molecule has 34 heavy (non-hydrogen) atoms. The Labute approximate surface area is 197 Å². The maximum Gasteiger partial charge on any atom is 0.338 e. The number of carbonyl (C=O) groups is 4. The van der Waals surface area contributed by atoms with Crippen LogP contribution in [0.1, 0.15) is 69.6 Å². The molecule has 0 unspecified atom stereocenters. The van der Waals surface area contributed by atoms with Crippen LogP contribution in [-0.2, 0) is 9.53 Å². The third-order valence-electron chi connectivity index (χ3n) is 6.24. The molecule has 0 spiro atoms. The van der Waals surface area contributed by atoms with Gasteiger partial charge in [0, 0.05) is 18.3 Å².